The van der Waals surface area contributed by atoms with E-state index in [1.54, 1.807) is 0 Å². The maximum Gasteiger partial charge on any atom is 0.129 e. The second kappa shape index (κ2) is 5.15. The van der Waals surface area contributed by atoms with E-state index in [4.69, 9.17) is 11.6 Å². The lowest BCUT2D eigenvalue weighted by molar-refractivity contribution is 0.105. The van der Waals surface area contributed by atoms with Crippen LogP contribution in [0.4, 0.5) is 0 Å². The molecule has 1 saturated heterocycles. The summed E-state index contributed by atoms with van der Waals surface area (Å²) in [4.78, 5) is 6.86. The summed E-state index contributed by atoms with van der Waals surface area (Å²) in [5.74, 6) is 0.785. The van der Waals surface area contributed by atoms with Gasteiger partial charge in [0.15, 0.2) is 0 Å². The Kier molecular flexibility index (Phi) is 3.82. The van der Waals surface area contributed by atoms with Crippen LogP contribution < -0.4 is 0 Å². The van der Waals surface area contributed by atoms with Crippen LogP contribution in [0.5, 0.6) is 0 Å². The van der Waals surface area contributed by atoms with Crippen LogP contribution in [0.1, 0.15) is 32.4 Å². The monoisotopic (exact) mass is 238 g/mol. The lowest BCUT2D eigenvalue weighted by Gasteiger charge is -2.37. The van der Waals surface area contributed by atoms with Crippen molar-refractivity contribution in [3.8, 4) is 0 Å². The van der Waals surface area contributed by atoms with E-state index in [-0.39, 0.29) is 0 Å². The predicted molar refractivity (Wildman–Crippen MR) is 67.5 cm³/mol. The summed E-state index contributed by atoms with van der Waals surface area (Å²) in [6.45, 7) is 6.75. The van der Waals surface area contributed by atoms with Gasteiger partial charge in [0.25, 0.3) is 0 Å². The van der Waals surface area contributed by atoms with Crippen molar-refractivity contribution in [1.82, 2.24) is 9.88 Å². The van der Waals surface area contributed by atoms with E-state index in [0.29, 0.717) is 11.2 Å². The molecule has 88 valence electrons. The number of hydrogen-bond donors (Lipinski definition) is 0. The number of likely N-dealkylation sites (tertiary alicyclic amines) is 1. The van der Waals surface area contributed by atoms with Gasteiger partial charge >= 0.3 is 0 Å². The highest BCUT2D eigenvalue weighted by Gasteiger charge is 2.24. The third kappa shape index (κ3) is 2.74. The maximum atomic E-state index is 5.90. The molecule has 2 nitrogen and oxygen atoms in total. The summed E-state index contributed by atoms with van der Waals surface area (Å²) in [5.41, 5.74) is 1.08. The van der Waals surface area contributed by atoms with Crippen molar-refractivity contribution in [3.05, 3.63) is 29.0 Å². The number of pyridine rings is 1. The summed E-state index contributed by atoms with van der Waals surface area (Å²) in [7, 11) is 0. The first kappa shape index (κ1) is 11.9. The molecule has 0 bridgehead atoms. The molecular formula is C13H19ClN2. The standard InChI is InChI=1S/C13H19ClN2/c1-10-5-4-8-16(11(10)2)9-12-6-3-7-13(14)15-12/h3,6-7,10-11H,4-5,8-9H2,1-2H3. The molecule has 2 heterocycles. The van der Waals surface area contributed by atoms with Gasteiger partial charge in [-0.3, -0.25) is 4.90 Å². The van der Waals surface area contributed by atoms with Crippen LogP contribution >= 0.6 is 11.6 Å². The number of nitrogens with zero attached hydrogens (tertiary/aromatic N) is 2. The Balaban J connectivity index is 2.03. The quantitative estimate of drug-likeness (QED) is 0.735. The zero-order chi connectivity index (χ0) is 11.5. The third-order valence-corrected chi connectivity index (χ3v) is 3.85. The first-order valence-corrected chi connectivity index (χ1v) is 6.40. The summed E-state index contributed by atoms with van der Waals surface area (Å²) < 4.78 is 0. The lowest BCUT2D eigenvalue weighted by atomic mass is 9.92. The number of piperidine rings is 1. The van der Waals surface area contributed by atoms with Crippen molar-refractivity contribution in [2.45, 2.75) is 39.3 Å². The number of aromatic nitrogens is 1. The second-order valence-electron chi connectivity index (χ2n) is 4.78. The molecule has 2 unspecified atom stereocenters. The summed E-state index contributed by atoms with van der Waals surface area (Å²) in [6.07, 6.45) is 2.65. The van der Waals surface area contributed by atoms with Gasteiger partial charge in [-0.2, -0.15) is 0 Å². The topological polar surface area (TPSA) is 16.1 Å². The fraction of sp³-hybridized carbons (Fsp3) is 0.615. The number of hydrogen-bond acceptors (Lipinski definition) is 2. The number of halogens is 1. The van der Waals surface area contributed by atoms with Crippen molar-refractivity contribution in [2.24, 2.45) is 5.92 Å². The second-order valence-corrected chi connectivity index (χ2v) is 5.17. The largest absolute Gasteiger partial charge is 0.295 e. The van der Waals surface area contributed by atoms with Crippen molar-refractivity contribution in [1.29, 1.82) is 0 Å². The third-order valence-electron chi connectivity index (χ3n) is 3.64. The fourth-order valence-corrected chi connectivity index (χ4v) is 2.57. The van der Waals surface area contributed by atoms with Crippen LogP contribution in [0, 0.1) is 5.92 Å². The van der Waals surface area contributed by atoms with Gasteiger partial charge in [-0.25, -0.2) is 4.98 Å². The summed E-state index contributed by atoms with van der Waals surface area (Å²) >= 11 is 5.90. The van der Waals surface area contributed by atoms with E-state index in [0.717, 1.165) is 18.2 Å². The van der Waals surface area contributed by atoms with Gasteiger partial charge in [-0.05, 0) is 44.4 Å². The highest BCUT2D eigenvalue weighted by Crippen LogP contribution is 2.24. The normalized spacial score (nSPS) is 26.9. The molecule has 16 heavy (non-hydrogen) atoms. The molecule has 1 fully saturated rings. The van der Waals surface area contributed by atoms with E-state index in [9.17, 15) is 0 Å². The van der Waals surface area contributed by atoms with Crippen molar-refractivity contribution < 1.29 is 0 Å². The minimum Gasteiger partial charge on any atom is -0.295 e. The van der Waals surface area contributed by atoms with Crippen LogP contribution in [-0.4, -0.2) is 22.5 Å². The summed E-state index contributed by atoms with van der Waals surface area (Å²) in [5, 5.41) is 0.593. The first-order valence-electron chi connectivity index (χ1n) is 6.02. The zero-order valence-electron chi connectivity index (χ0n) is 9.99. The van der Waals surface area contributed by atoms with Gasteiger partial charge < -0.3 is 0 Å². The van der Waals surface area contributed by atoms with Crippen LogP contribution in [0.3, 0.4) is 0 Å². The molecule has 0 aliphatic carbocycles. The molecule has 1 aliphatic heterocycles. The van der Waals surface area contributed by atoms with Crippen LogP contribution in [-0.2, 0) is 6.54 Å². The average Bonchev–Trinajstić information content (AvgIpc) is 2.25. The molecule has 2 rings (SSSR count). The molecule has 0 saturated carbocycles. The lowest BCUT2D eigenvalue weighted by Crippen LogP contribution is -2.41. The molecule has 1 aromatic heterocycles. The summed E-state index contributed by atoms with van der Waals surface area (Å²) in [6, 6.07) is 6.50. The molecule has 3 heteroatoms. The van der Waals surface area contributed by atoms with E-state index in [1.165, 1.54) is 19.4 Å². The Hall–Kier alpha value is -0.600. The molecular weight excluding hydrogens is 220 g/mol. The van der Waals surface area contributed by atoms with Gasteiger partial charge in [-0.15, -0.1) is 0 Å². The van der Waals surface area contributed by atoms with E-state index >= 15 is 0 Å². The molecule has 1 aromatic rings. The van der Waals surface area contributed by atoms with Gasteiger partial charge in [0.05, 0.1) is 5.69 Å². The van der Waals surface area contributed by atoms with E-state index in [2.05, 4.69) is 29.8 Å². The molecule has 0 aromatic carbocycles. The predicted octanol–water partition coefficient (Wildman–Crippen LogP) is 3.36. The Bertz CT molecular complexity index is 354. The Morgan fingerprint density at radius 3 is 3.00 bits per heavy atom. The van der Waals surface area contributed by atoms with Crippen molar-refractivity contribution in [2.75, 3.05) is 6.54 Å². The molecule has 0 amide bonds. The van der Waals surface area contributed by atoms with Gasteiger partial charge in [0.2, 0.25) is 0 Å². The van der Waals surface area contributed by atoms with Crippen molar-refractivity contribution in [3.63, 3.8) is 0 Å². The van der Waals surface area contributed by atoms with E-state index < -0.39 is 0 Å². The highest BCUT2D eigenvalue weighted by molar-refractivity contribution is 6.29. The molecule has 0 N–H and O–H groups in total. The van der Waals surface area contributed by atoms with Crippen LogP contribution in [0.2, 0.25) is 5.15 Å². The smallest absolute Gasteiger partial charge is 0.129 e. The highest BCUT2D eigenvalue weighted by atomic mass is 35.5. The SMILES string of the molecule is CC1CCCN(Cc2cccc(Cl)n2)C1C. The minimum absolute atomic E-state index is 0.593. The number of rotatable bonds is 2. The molecule has 2 atom stereocenters. The first-order chi connectivity index (χ1) is 7.66. The molecule has 0 spiro atoms. The minimum atomic E-state index is 0.593. The van der Waals surface area contributed by atoms with Gasteiger partial charge in [0.1, 0.15) is 5.15 Å². The maximum absolute atomic E-state index is 5.90. The van der Waals surface area contributed by atoms with Gasteiger partial charge in [0, 0.05) is 12.6 Å². The Morgan fingerprint density at radius 2 is 2.25 bits per heavy atom. The van der Waals surface area contributed by atoms with Gasteiger partial charge in [-0.1, -0.05) is 24.6 Å². The van der Waals surface area contributed by atoms with E-state index in [1.807, 2.05) is 12.1 Å². The molecule has 0 radical (unpaired) electrons. The Morgan fingerprint density at radius 1 is 1.44 bits per heavy atom. The zero-order valence-corrected chi connectivity index (χ0v) is 10.7. The fourth-order valence-electron chi connectivity index (χ4n) is 2.39. The van der Waals surface area contributed by atoms with Crippen molar-refractivity contribution >= 4 is 11.6 Å². The average molecular weight is 239 g/mol. The Labute approximate surface area is 103 Å². The van der Waals surface area contributed by atoms with Crippen LogP contribution in [0.15, 0.2) is 18.2 Å². The van der Waals surface area contributed by atoms with Crippen LogP contribution in [0.25, 0.3) is 0 Å². The molecule has 1 aliphatic rings.